The quantitative estimate of drug-likeness (QED) is 0.785. The highest BCUT2D eigenvalue weighted by molar-refractivity contribution is 9.10. The smallest absolute Gasteiger partial charge is 0.410 e. The van der Waals surface area contributed by atoms with Gasteiger partial charge < -0.3 is 4.74 Å². The van der Waals surface area contributed by atoms with Crippen LogP contribution in [-0.2, 0) is 10.3 Å². The number of likely N-dealkylation sites (N-methyl/N-ethyl adjacent to an activating group) is 1. The Balaban J connectivity index is 2.38. The molecule has 1 unspecified atom stereocenters. The van der Waals surface area contributed by atoms with E-state index in [0.29, 0.717) is 6.61 Å². The maximum absolute atomic E-state index is 11.3. The van der Waals surface area contributed by atoms with Gasteiger partial charge in [0.2, 0.25) is 0 Å². The molecule has 0 aliphatic carbocycles. The molecular formula is C11H12BrNO2. The molecule has 4 heteroatoms. The van der Waals surface area contributed by atoms with Crippen LogP contribution < -0.4 is 0 Å². The fraction of sp³-hybridized carbons (Fsp3) is 0.364. The van der Waals surface area contributed by atoms with Crippen molar-refractivity contribution in [1.29, 1.82) is 0 Å². The lowest BCUT2D eigenvalue weighted by atomic mass is 9.92. The van der Waals surface area contributed by atoms with Crippen LogP contribution in [0.3, 0.4) is 0 Å². The summed E-state index contributed by atoms with van der Waals surface area (Å²) in [5.41, 5.74) is 0.733. The van der Waals surface area contributed by atoms with Gasteiger partial charge in [0.15, 0.2) is 0 Å². The summed E-state index contributed by atoms with van der Waals surface area (Å²) < 4.78 is 6.07. The standard InChI is InChI=1S/C11H12BrNO2/c1-11(7-15-10(14)13(11)2)8-3-5-9(12)6-4-8/h3-6H,7H2,1-2H3. The molecule has 1 atom stereocenters. The highest BCUT2D eigenvalue weighted by Crippen LogP contribution is 2.33. The summed E-state index contributed by atoms with van der Waals surface area (Å²) in [7, 11) is 1.76. The molecule has 0 bridgehead atoms. The van der Waals surface area contributed by atoms with E-state index in [0.717, 1.165) is 10.0 Å². The van der Waals surface area contributed by atoms with E-state index in [1.54, 1.807) is 11.9 Å². The number of hydrogen-bond acceptors (Lipinski definition) is 2. The first-order chi connectivity index (χ1) is 7.04. The third-order valence-electron chi connectivity index (χ3n) is 2.96. The summed E-state index contributed by atoms with van der Waals surface area (Å²) in [5.74, 6) is 0. The summed E-state index contributed by atoms with van der Waals surface area (Å²) in [4.78, 5) is 13.0. The Hall–Kier alpha value is -1.03. The van der Waals surface area contributed by atoms with E-state index >= 15 is 0 Å². The topological polar surface area (TPSA) is 29.5 Å². The van der Waals surface area contributed by atoms with Crippen LogP contribution >= 0.6 is 15.9 Å². The molecule has 1 aromatic rings. The highest BCUT2D eigenvalue weighted by Gasteiger charge is 2.42. The molecule has 3 nitrogen and oxygen atoms in total. The molecule has 15 heavy (non-hydrogen) atoms. The predicted octanol–water partition coefficient (Wildman–Crippen LogP) is 2.75. The normalized spacial score (nSPS) is 25.5. The van der Waals surface area contributed by atoms with Gasteiger partial charge in [0, 0.05) is 11.5 Å². The Morgan fingerprint density at radius 2 is 2.00 bits per heavy atom. The van der Waals surface area contributed by atoms with Gasteiger partial charge in [-0.1, -0.05) is 28.1 Å². The fourth-order valence-corrected chi connectivity index (χ4v) is 1.95. The number of ether oxygens (including phenoxy) is 1. The number of amides is 1. The molecule has 0 radical (unpaired) electrons. The highest BCUT2D eigenvalue weighted by atomic mass is 79.9. The van der Waals surface area contributed by atoms with E-state index in [4.69, 9.17) is 4.74 Å². The molecular weight excluding hydrogens is 258 g/mol. The van der Waals surface area contributed by atoms with Gasteiger partial charge in [-0.05, 0) is 24.6 Å². The monoisotopic (exact) mass is 269 g/mol. The second-order valence-corrected chi connectivity index (χ2v) is 4.81. The average molecular weight is 270 g/mol. The molecule has 1 amide bonds. The van der Waals surface area contributed by atoms with E-state index in [-0.39, 0.29) is 11.6 Å². The Bertz CT molecular complexity index is 390. The van der Waals surface area contributed by atoms with Crippen molar-refractivity contribution >= 4 is 22.0 Å². The van der Waals surface area contributed by atoms with Crippen molar-refractivity contribution in [2.75, 3.05) is 13.7 Å². The number of halogens is 1. The molecule has 1 heterocycles. The molecule has 1 aliphatic rings. The third-order valence-corrected chi connectivity index (χ3v) is 3.49. The number of nitrogens with zero attached hydrogens (tertiary/aromatic N) is 1. The lowest BCUT2D eigenvalue weighted by Crippen LogP contribution is -2.39. The zero-order valence-corrected chi connectivity index (χ0v) is 10.2. The molecule has 0 spiro atoms. The summed E-state index contributed by atoms with van der Waals surface area (Å²) in [6.45, 7) is 2.41. The first kappa shape index (κ1) is 10.5. The van der Waals surface area contributed by atoms with Crippen LogP contribution in [0.1, 0.15) is 12.5 Å². The van der Waals surface area contributed by atoms with Gasteiger partial charge in [-0.15, -0.1) is 0 Å². The Morgan fingerprint density at radius 3 is 2.47 bits per heavy atom. The van der Waals surface area contributed by atoms with Crippen LogP contribution in [0, 0.1) is 0 Å². The van der Waals surface area contributed by atoms with Crippen LogP contribution in [0.15, 0.2) is 28.7 Å². The van der Waals surface area contributed by atoms with Gasteiger partial charge in [-0.2, -0.15) is 0 Å². The zero-order chi connectivity index (χ0) is 11.1. The minimum atomic E-state index is -0.349. The van der Waals surface area contributed by atoms with Crippen LogP contribution in [0.4, 0.5) is 4.79 Å². The largest absolute Gasteiger partial charge is 0.447 e. The minimum absolute atomic E-state index is 0.264. The van der Waals surface area contributed by atoms with Gasteiger partial charge in [0.25, 0.3) is 0 Å². The van der Waals surface area contributed by atoms with Crippen molar-refractivity contribution < 1.29 is 9.53 Å². The Labute approximate surface area is 97.2 Å². The molecule has 1 aliphatic heterocycles. The molecule has 1 fully saturated rings. The van der Waals surface area contributed by atoms with E-state index in [9.17, 15) is 4.79 Å². The molecule has 1 aromatic carbocycles. The Kier molecular flexibility index (Phi) is 2.46. The second-order valence-electron chi connectivity index (χ2n) is 3.89. The number of carbonyl (C=O) groups is 1. The van der Waals surface area contributed by atoms with Crippen molar-refractivity contribution in [2.45, 2.75) is 12.5 Å². The van der Waals surface area contributed by atoms with Gasteiger partial charge in [0.05, 0.1) is 0 Å². The predicted molar refractivity (Wildman–Crippen MR) is 60.6 cm³/mol. The molecule has 2 rings (SSSR count). The maximum atomic E-state index is 11.3. The zero-order valence-electron chi connectivity index (χ0n) is 8.66. The van der Waals surface area contributed by atoms with Crippen molar-refractivity contribution in [2.24, 2.45) is 0 Å². The number of cyclic esters (lactones) is 1. The maximum Gasteiger partial charge on any atom is 0.410 e. The molecule has 0 aromatic heterocycles. The summed E-state index contributed by atoms with van der Waals surface area (Å²) in [5, 5.41) is 0. The van der Waals surface area contributed by atoms with Crippen LogP contribution in [0.5, 0.6) is 0 Å². The van der Waals surface area contributed by atoms with Crippen molar-refractivity contribution in [1.82, 2.24) is 4.90 Å². The first-order valence-electron chi connectivity index (χ1n) is 4.71. The van der Waals surface area contributed by atoms with E-state index < -0.39 is 0 Å². The van der Waals surface area contributed by atoms with Crippen LogP contribution in [0.25, 0.3) is 0 Å². The van der Waals surface area contributed by atoms with Crippen LogP contribution in [0.2, 0.25) is 0 Å². The number of hydrogen-bond donors (Lipinski definition) is 0. The summed E-state index contributed by atoms with van der Waals surface area (Å²) in [6.07, 6.45) is -0.264. The fourth-order valence-electron chi connectivity index (χ4n) is 1.68. The molecule has 1 saturated heterocycles. The van der Waals surface area contributed by atoms with Gasteiger partial charge in [-0.25, -0.2) is 4.79 Å². The molecule has 0 saturated carbocycles. The van der Waals surface area contributed by atoms with E-state index in [1.165, 1.54) is 0 Å². The SMILES string of the molecule is CN1C(=O)OCC1(C)c1ccc(Br)cc1. The first-order valence-corrected chi connectivity index (χ1v) is 5.50. The molecule has 0 N–H and O–H groups in total. The lowest BCUT2D eigenvalue weighted by Gasteiger charge is -2.29. The van der Waals surface area contributed by atoms with Crippen LogP contribution in [-0.4, -0.2) is 24.6 Å². The third kappa shape index (κ3) is 1.63. The number of rotatable bonds is 1. The second kappa shape index (κ2) is 3.52. The number of benzene rings is 1. The minimum Gasteiger partial charge on any atom is -0.447 e. The van der Waals surface area contributed by atoms with Crippen molar-refractivity contribution in [3.05, 3.63) is 34.3 Å². The van der Waals surface area contributed by atoms with Crippen molar-refractivity contribution in [3.63, 3.8) is 0 Å². The van der Waals surface area contributed by atoms with Gasteiger partial charge >= 0.3 is 6.09 Å². The van der Waals surface area contributed by atoms with Gasteiger partial charge in [0.1, 0.15) is 12.1 Å². The average Bonchev–Trinajstić information content (AvgIpc) is 2.48. The Morgan fingerprint density at radius 1 is 1.40 bits per heavy atom. The van der Waals surface area contributed by atoms with E-state index in [2.05, 4.69) is 15.9 Å². The lowest BCUT2D eigenvalue weighted by molar-refractivity contribution is 0.162. The molecule has 80 valence electrons. The van der Waals surface area contributed by atoms with E-state index in [1.807, 2.05) is 31.2 Å². The van der Waals surface area contributed by atoms with Gasteiger partial charge in [-0.3, -0.25) is 4.90 Å². The summed E-state index contributed by atoms with van der Waals surface area (Å²) >= 11 is 3.39. The number of carbonyl (C=O) groups excluding carboxylic acids is 1. The van der Waals surface area contributed by atoms with Crippen molar-refractivity contribution in [3.8, 4) is 0 Å². The summed E-state index contributed by atoms with van der Waals surface area (Å²) in [6, 6.07) is 7.94.